The molecule has 0 unspecified atom stereocenters. The standard InChI is InChI=1S/C21H48O7Si2/c1-21(2,3)30(7,8)28-20-18-26-16-14-24-12-10-22-9-11-23-13-15-25-17-19-27-29(4,5)6/h9-20H2,1-8H3. The number of hydrogen-bond acceptors (Lipinski definition) is 7. The third kappa shape index (κ3) is 18.9. The van der Waals surface area contributed by atoms with Gasteiger partial charge >= 0.3 is 0 Å². The highest BCUT2D eigenvalue weighted by molar-refractivity contribution is 6.74. The van der Waals surface area contributed by atoms with E-state index in [0.717, 1.165) is 0 Å². The van der Waals surface area contributed by atoms with Crippen LogP contribution in [0.2, 0.25) is 37.8 Å². The van der Waals surface area contributed by atoms with Crippen molar-refractivity contribution in [1.82, 2.24) is 0 Å². The molecule has 0 rings (SSSR count). The van der Waals surface area contributed by atoms with Gasteiger partial charge in [0.05, 0.1) is 79.3 Å². The van der Waals surface area contributed by atoms with Crippen LogP contribution in [0.3, 0.4) is 0 Å². The van der Waals surface area contributed by atoms with Gasteiger partial charge in [0, 0.05) is 0 Å². The molecular weight excluding hydrogens is 420 g/mol. The molecule has 0 atom stereocenters. The van der Waals surface area contributed by atoms with Crippen LogP contribution < -0.4 is 0 Å². The van der Waals surface area contributed by atoms with Crippen LogP contribution in [0.25, 0.3) is 0 Å². The minimum absolute atomic E-state index is 0.234. The van der Waals surface area contributed by atoms with E-state index in [-0.39, 0.29) is 5.04 Å². The molecule has 0 saturated carbocycles. The summed E-state index contributed by atoms with van der Waals surface area (Å²) in [5, 5.41) is 0.234. The summed E-state index contributed by atoms with van der Waals surface area (Å²) in [5.41, 5.74) is 0. The van der Waals surface area contributed by atoms with E-state index in [2.05, 4.69) is 53.5 Å². The van der Waals surface area contributed by atoms with Crippen LogP contribution in [0.4, 0.5) is 0 Å². The minimum Gasteiger partial charge on any atom is -0.415 e. The lowest BCUT2D eigenvalue weighted by Crippen LogP contribution is -2.41. The summed E-state index contributed by atoms with van der Waals surface area (Å²) in [6.45, 7) is 24.8. The second-order valence-electron chi connectivity index (χ2n) is 9.63. The topological polar surface area (TPSA) is 64.6 Å². The van der Waals surface area contributed by atoms with Crippen molar-refractivity contribution in [2.24, 2.45) is 0 Å². The average Bonchev–Trinajstić information content (AvgIpc) is 2.61. The van der Waals surface area contributed by atoms with Gasteiger partial charge in [-0.1, -0.05) is 20.8 Å². The minimum atomic E-state index is -1.67. The summed E-state index contributed by atoms with van der Waals surface area (Å²) in [5.74, 6) is 0. The van der Waals surface area contributed by atoms with E-state index in [9.17, 15) is 0 Å². The zero-order valence-corrected chi connectivity index (χ0v) is 22.8. The van der Waals surface area contributed by atoms with Crippen molar-refractivity contribution in [3.8, 4) is 0 Å². The molecule has 182 valence electrons. The van der Waals surface area contributed by atoms with Crippen molar-refractivity contribution >= 4 is 16.6 Å². The summed E-state index contributed by atoms with van der Waals surface area (Å²) in [6, 6.07) is 0. The first-order chi connectivity index (χ1) is 14.0. The molecule has 0 aromatic rings. The van der Waals surface area contributed by atoms with Gasteiger partial charge in [-0.3, -0.25) is 0 Å². The summed E-state index contributed by atoms with van der Waals surface area (Å²) in [4.78, 5) is 0. The van der Waals surface area contributed by atoms with Crippen LogP contribution in [0.15, 0.2) is 0 Å². The van der Waals surface area contributed by atoms with Crippen molar-refractivity contribution in [3.63, 3.8) is 0 Å². The normalized spacial score (nSPS) is 13.2. The SMILES string of the molecule is CC(C)(C)[Si](C)(C)OCCOCCOCCOCCOCCOCCO[Si](C)(C)C. The van der Waals surface area contributed by atoms with Crippen LogP contribution in [0.5, 0.6) is 0 Å². The fourth-order valence-electron chi connectivity index (χ4n) is 1.96. The lowest BCUT2D eigenvalue weighted by molar-refractivity contribution is -0.0145. The van der Waals surface area contributed by atoms with E-state index >= 15 is 0 Å². The summed E-state index contributed by atoms with van der Waals surface area (Å²) >= 11 is 0. The largest absolute Gasteiger partial charge is 0.415 e. The Morgan fingerprint density at radius 1 is 0.433 bits per heavy atom. The fourth-order valence-corrected chi connectivity index (χ4v) is 3.68. The molecule has 0 bridgehead atoms. The highest BCUT2D eigenvalue weighted by Gasteiger charge is 2.36. The van der Waals surface area contributed by atoms with Crippen molar-refractivity contribution < 1.29 is 32.5 Å². The molecule has 30 heavy (non-hydrogen) atoms. The van der Waals surface area contributed by atoms with Crippen LogP contribution in [0.1, 0.15) is 20.8 Å². The zero-order valence-electron chi connectivity index (χ0n) is 20.8. The maximum Gasteiger partial charge on any atom is 0.192 e. The molecule has 0 saturated heterocycles. The monoisotopic (exact) mass is 468 g/mol. The predicted octanol–water partition coefficient (Wildman–Crippen LogP) is 3.94. The third-order valence-corrected chi connectivity index (χ3v) is 10.4. The molecule has 0 aromatic heterocycles. The van der Waals surface area contributed by atoms with Crippen LogP contribution >= 0.6 is 0 Å². The molecule has 9 heteroatoms. The molecule has 0 fully saturated rings. The Kier molecular flexibility index (Phi) is 16.8. The molecule has 0 radical (unpaired) electrons. The van der Waals surface area contributed by atoms with Gasteiger partial charge in [-0.25, -0.2) is 0 Å². The van der Waals surface area contributed by atoms with Crippen molar-refractivity contribution in [3.05, 3.63) is 0 Å². The van der Waals surface area contributed by atoms with E-state index < -0.39 is 16.6 Å². The van der Waals surface area contributed by atoms with Gasteiger partial charge in [0.15, 0.2) is 16.6 Å². The van der Waals surface area contributed by atoms with E-state index in [1.165, 1.54) is 0 Å². The van der Waals surface area contributed by atoms with E-state index in [0.29, 0.717) is 79.3 Å². The van der Waals surface area contributed by atoms with Gasteiger partial charge in [0.25, 0.3) is 0 Å². The second-order valence-corrected chi connectivity index (χ2v) is 19.0. The quantitative estimate of drug-likeness (QED) is 0.198. The first-order valence-corrected chi connectivity index (χ1v) is 17.4. The molecule has 0 aliphatic heterocycles. The van der Waals surface area contributed by atoms with Gasteiger partial charge in [-0.15, -0.1) is 0 Å². The Hall–Kier alpha value is 0.154. The Morgan fingerprint density at radius 2 is 0.700 bits per heavy atom. The fraction of sp³-hybridized carbons (Fsp3) is 1.00. The van der Waals surface area contributed by atoms with Crippen LogP contribution in [0, 0.1) is 0 Å². The molecule has 0 aliphatic carbocycles. The molecule has 0 spiro atoms. The molecular formula is C21H48O7Si2. The van der Waals surface area contributed by atoms with Crippen molar-refractivity contribution in [2.75, 3.05) is 79.3 Å². The second kappa shape index (κ2) is 16.7. The average molecular weight is 469 g/mol. The van der Waals surface area contributed by atoms with E-state index in [1.807, 2.05) is 0 Å². The number of ether oxygens (including phenoxy) is 5. The van der Waals surface area contributed by atoms with Crippen molar-refractivity contribution in [1.29, 1.82) is 0 Å². The molecule has 0 aromatic carbocycles. The van der Waals surface area contributed by atoms with Crippen molar-refractivity contribution in [2.45, 2.75) is 58.5 Å². The van der Waals surface area contributed by atoms with Gasteiger partial charge in [0.1, 0.15) is 0 Å². The van der Waals surface area contributed by atoms with Crippen LogP contribution in [-0.4, -0.2) is 95.9 Å². The maximum atomic E-state index is 6.06. The summed E-state index contributed by atoms with van der Waals surface area (Å²) in [7, 11) is -3.10. The molecule has 0 aliphatic rings. The first kappa shape index (κ1) is 30.2. The highest BCUT2D eigenvalue weighted by Crippen LogP contribution is 2.36. The van der Waals surface area contributed by atoms with Gasteiger partial charge < -0.3 is 32.5 Å². The Morgan fingerprint density at radius 3 is 0.967 bits per heavy atom. The van der Waals surface area contributed by atoms with E-state index in [1.54, 1.807) is 0 Å². The first-order valence-electron chi connectivity index (χ1n) is 11.1. The number of rotatable bonds is 20. The number of hydrogen-bond donors (Lipinski definition) is 0. The molecule has 0 N–H and O–H groups in total. The Bertz CT molecular complexity index is 396. The van der Waals surface area contributed by atoms with Gasteiger partial charge in [0.2, 0.25) is 0 Å². The molecule has 7 nitrogen and oxygen atoms in total. The van der Waals surface area contributed by atoms with Gasteiger partial charge in [-0.05, 0) is 37.8 Å². The highest BCUT2D eigenvalue weighted by atomic mass is 28.4. The predicted molar refractivity (Wildman–Crippen MR) is 127 cm³/mol. The van der Waals surface area contributed by atoms with Gasteiger partial charge in [-0.2, -0.15) is 0 Å². The zero-order chi connectivity index (χ0) is 22.9. The summed E-state index contributed by atoms with van der Waals surface area (Å²) in [6.07, 6.45) is 0. The molecule has 0 amide bonds. The Balaban J connectivity index is 3.22. The van der Waals surface area contributed by atoms with E-state index in [4.69, 9.17) is 32.5 Å². The maximum absolute atomic E-state index is 6.06. The Labute approximate surface area is 187 Å². The smallest absolute Gasteiger partial charge is 0.192 e. The lowest BCUT2D eigenvalue weighted by atomic mass is 10.2. The lowest BCUT2D eigenvalue weighted by Gasteiger charge is -2.36. The van der Waals surface area contributed by atoms with Crippen LogP contribution in [-0.2, 0) is 32.5 Å². The summed E-state index contributed by atoms with van der Waals surface area (Å²) < 4.78 is 39.2. The molecule has 0 heterocycles. The third-order valence-electron chi connectivity index (χ3n) is 4.75.